The average molecular weight is 482 g/mol. The summed E-state index contributed by atoms with van der Waals surface area (Å²) in [6.07, 6.45) is 0. The maximum Gasteiger partial charge on any atom is 0.352 e. The third-order valence-corrected chi connectivity index (χ3v) is 6.18. The summed E-state index contributed by atoms with van der Waals surface area (Å²) in [5.41, 5.74) is 0.0844. The number of carbonyl (C=O) groups excluding carboxylic acids is 2. The fourth-order valence-electron chi connectivity index (χ4n) is 3.89. The van der Waals surface area contributed by atoms with Gasteiger partial charge in [-0.2, -0.15) is 9.78 Å². The van der Waals surface area contributed by atoms with Gasteiger partial charge in [-0.15, -0.1) is 0 Å². The first-order valence-corrected chi connectivity index (χ1v) is 11.2. The summed E-state index contributed by atoms with van der Waals surface area (Å²) in [7, 11) is 0. The van der Waals surface area contributed by atoms with Crippen molar-refractivity contribution in [2.45, 2.75) is 20.4 Å². The molecule has 1 aliphatic rings. The Bertz CT molecular complexity index is 1370. The molecular formula is C24H24ClN5O4. The van der Waals surface area contributed by atoms with Gasteiger partial charge in [-0.1, -0.05) is 41.9 Å². The van der Waals surface area contributed by atoms with Gasteiger partial charge in [0.2, 0.25) is 11.6 Å². The van der Waals surface area contributed by atoms with Crippen LogP contribution >= 0.6 is 11.6 Å². The van der Waals surface area contributed by atoms with Gasteiger partial charge in [-0.05, 0) is 36.2 Å². The number of hydrogen-bond donors (Lipinski definition) is 0. The molecule has 0 bridgehead atoms. The fraction of sp³-hybridized carbons (Fsp3) is 0.292. The molecule has 3 aromatic rings. The van der Waals surface area contributed by atoms with E-state index < -0.39 is 17.2 Å². The number of aromatic nitrogens is 3. The van der Waals surface area contributed by atoms with Gasteiger partial charge in [0.15, 0.2) is 0 Å². The monoisotopic (exact) mass is 481 g/mol. The van der Waals surface area contributed by atoms with Crippen molar-refractivity contribution in [2.24, 2.45) is 0 Å². The summed E-state index contributed by atoms with van der Waals surface area (Å²) in [4.78, 5) is 54.8. The van der Waals surface area contributed by atoms with Gasteiger partial charge in [0.1, 0.15) is 0 Å². The van der Waals surface area contributed by atoms with Crippen LogP contribution in [0.3, 0.4) is 0 Å². The van der Waals surface area contributed by atoms with Crippen molar-refractivity contribution in [1.82, 2.24) is 24.1 Å². The zero-order valence-corrected chi connectivity index (χ0v) is 19.7. The molecule has 0 aliphatic carbocycles. The number of rotatable bonds is 4. The normalized spacial score (nSPS) is 13.7. The molecular weight excluding hydrogens is 458 g/mol. The Morgan fingerprint density at radius 2 is 1.65 bits per heavy atom. The van der Waals surface area contributed by atoms with Crippen LogP contribution in [-0.2, 0) is 11.3 Å². The van der Waals surface area contributed by atoms with Gasteiger partial charge >= 0.3 is 5.69 Å². The molecule has 1 aliphatic heterocycles. The predicted molar refractivity (Wildman–Crippen MR) is 128 cm³/mol. The highest BCUT2D eigenvalue weighted by molar-refractivity contribution is 6.31. The highest BCUT2D eigenvalue weighted by Crippen LogP contribution is 2.15. The summed E-state index contributed by atoms with van der Waals surface area (Å²) in [6, 6.07) is 14.0. The van der Waals surface area contributed by atoms with E-state index in [0.29, 0.717) is 29.4 Å². The first kappa shape index (κ1) is 23.4. The smallest absolute Gasteiger partial charge is 0.339 e. The summed E-state index contributed by atoms with van der Waals surface area (Å²) in [5, 5.41) is 4.61. The first-order chi connectivity index (χ1) is 16.3. The topological polar surface area (TPSA) is 97.5 Å². The lowest BCUT2D eigenvalue weighted by atomic mass is 10.2. The molecule has 176 valence electrons. The molecule has 34 heavy (non-hydrogen) atoms. The van der Waals surface area contributed by atoms with Crippen LogP contribution in [0.4, 0.5) is 0 Å². The van der Waals surface area contributed by atoms with E-state index in [1.54, 1.807) is 47.4 Å². The van der Waals surface area contributed by atoms with Gasteiger partial charge in [0.05, 0.1) is 12.2 Å². The Kier molecular flexibility index (Phi) is 6.65. The molecule has 0 unspecified atom stereocenters. The van der Waals surface area contributed by atoms with Crippen molar-refractivity contribution in [3.63, 3.8) is 0 Å². The molecule has 0 N–H and O–H groups in total. The lowest BCUT2D eigenvalue weighted by molar-refractivity contribution is -0.130. The van der Waals surface area contributed by atoms with Crippen LogP contribution in [0.15, 0.2) is 58.1 Å². The van der Waals surface area contributed by atoms with Gasteiger partial charge in [0.25, 0.3) is 11.5 Å². The molecule has 4 rings (SSSR count). The van der Waals surface area contributed by atoms with E-state index in [4.69, 9.17) is 11.6 Å². The van der Waals surface area contributed by atoms with Crippen molar-refractivity contribution >= 4 is 23.4 Å². The Morgan fingerprint density at radius 1 is 0.971 bits per heavy atom. The second-order valence-corrected chi connectivity index (χ2v) is 8.57. The van der Waals surface area contributed by atoms with E-state index in [9.17, 15) is 19.2 Å². The largest absolute Gasteiger partial charge is 0.352 e. The number of amides is 2. The molecule has 10 heteroatoms. The third-order valence-electron chi connectivity index (χ3n) is 5.81. The summed E-state index contributed by atoms with van der Waals surface area (Å²) in [5.74, 6) is -0.650. The number of aryl methyl sites for hydroxylation is 1. The molecule has 2 amide bonds. The van der Waals surface area contributed by atoms with Crippen molar-refractivity contribution in [2.75, 3.05) is 26.2 Å². The van der Waals surface area contributed by atoms with E-state index in [0.717, 1.165) is 14.8 Å². The van der Waals surface area contributed by atoms with Crippen LogP contribution in [0.1, 0.15) is 28.5 Å². The lowest BCUT2D eigenvalue weighted by Crippen LogP contribution is -2.52. The summed E-state index contributed by atoms with van der Waals surface area (Å²) < 4.78 is 2.06. The van der Waals surface area contributed by atoms with Crippen LogP contribution in [0.25, 0.3) is 5.69 Å². The highest BCUT2D eigenvalue weighted by Gasteiger charge is 2.28. The number of hydrogen-bond acceptors (Lipinski definition) is 5. The molecule has 0 spiro atoms. The van der Waals surface area contributed by atoms with Crippen LogP contribution in [0, 0.1) is 6.92 Å². The van der Waals surface area contributed by atoms with Gasteiger partial charge in [-0.25, -0.2) is 4.79 Å². The Labute approximate surface area is 200 Å². The lowest BCUT2D eigenvalue weighted by Gasteiger charge is -2.33. The molecule has 2 aromatic carbocycles. The van der Waals surface area contributed by atoms with Crippen molar-refractivity contribution in [1.29, 1.82) is 0 Å². The van der Waals surface area contributed by atoms with Crippen LogP contribution in [0.5, 0.6) is 0 Å². The number of nitrogens with zero attached hydrogens (tertiary/aromatic N) is 5. The second kappa shape index (κ2) is 9.64. The van der Waals surface area contributed by atoms with Gasteiger partial charge < -0.3 is 9.80 Å². The Morgan fingerprint density at radius 3 is 2.29 bits per heavy atom. The molecule has 0 radical (unpaired) electrons. The van der Waals surface area contributed by atoms with Crippen LogP contribution in [-0.4, -0.2) is 62.1 Å². The fourth-order valence-corrected chi connectivity index (χ4v) is 4.08. The first-order valence-electron chi connectivity index (χ1n) is 10.9. The third kappa shape index (κ3) is 4.65. The standard InChI is InChI=1S/C24H24ClN5O4/c1-16-6-5-8-19(14-16)30-24(34)29(15-18-7-3-4-9-20(18)25)23(33)21(26-30)22(32)28-12-10-27(11-13-28)17(2)31/h3-9,14H,10-13,15H2,1-2H3. The molecule has 1 fully saturated rings. The summed E-state index contributed by atoms with van der Waals surface area (Å²) in [6.45, 7) is 4.52. The molecule has 9 nitrogen and oxygen atoms in total. The minimum absolute atomic E-state index is 0.0692. The molecule has 1 saturated heterocycles. The van der Waals surface area contributed by atoms with Crippen LogP contribution < -0.4 is 11.2 Å². The van der Waals surface area contributed by atoms with Gasteiger partial charge in [0, 0.05) is 38.1 Å². The highest BCUT2D eigenvalue weighted by atomic mass is 35.5. The maximum atomic E-state index is 13.3. The van der Waals surface area contributed by atoms with Crippen molar-refractivity contribution < 1.29 is 9.59 Å². The number of piperazine rings is 1. The van der Waals surface area contributed by atoms with E-state index in [1.807, 2.05) is 13.0 Å². The Hall–Kier alpha value is -3.72. The minimum Gasteiger partial charge on any atom is -0.339 e. The zero-order chi connectivity index (χ0) is 24.4. The zero-order valence-electron chi connectivity index (χ0n) is 18.9. The second-order valence-electron chi connectivity index (χ2n) is 8.16. The average Bonchev–Trinajstić information content (AvgIpc) is 2.82. The van der Waals surface area contributed by atoms with Crippen LogP contribution in [0.2, 0.25) is 5.02 Å². The Balaban J connectivity index is 1.81. The van der Waals surface area contributed by atoms with E-state index in [1.165, 1.54) is 11.8 Å². The van der Waals surface area contributed by atoms with E-state index in [2.05, 4.69) is 5.10 Å². The summed E-state index contributed by atoms with van der Waals surface area (Å²) >= 11 is 6.27. The molecule has 2 heterocycles. The van der Waals surface area contributed by atoms with Gasteiger partial charge in [-0.3, -0.25) is 19.0 Å². The number of benzene rings is 2. The number of carbonyl (C=O) groups is 2. The minimum atomic E-state index is -0.784. The quantitative estimate of drug-likeness (QED) is 0.565. The molecule has 1 aromatic heterocycles. The van der Waals surface area contributed by atoms with E-state index >= 15 is 0 Å². The van der Waals surface area contributed by atoms with E-state index in [-0.39, 0.29) is 31.2 Å². The SMILES string of the molecule is CC(=O)N1CCN(C(=O)c2nn(-c3cccc(C)c3)c(=O)n(Cc3ccccc3Cl)c2=O)CC1. The predicted octanol–water partition coefficient (Wildman–Crippen LogP) is 1.71. The molecule has 0 atom stereocenters. The van der Waals surface area contributed by atoms with Crippen molar-refractivity contribution in [3.8, 4) is 5.69 Å². The molecule has 0 saturated carbocycles. The van der Waals surface area contributed by atoms with Crippen molar-refractivity contribution in [3.05, 3.63) is 91.2 Å². The maximum absolute atomic E-state index is 13.3. The number of halogens is 1.